The van der Waals surface area contributed by atoms with Gasteiger partial charge in [0.05, 0.1) is 12.3 Å². The molecule has 26 heavy (non-hydrogen) atoms. The molecule has 1 unspecified atom stereocenters. The standard InChI is InChI=1S/C19H28N4O2.HI/c1-14-11-16(15(2)25-14)12-21-19(20-3)22-13-17(18-7-6-10-24-18)23-8-4-5-9-23;/h6-7,10-11,17H,4-5,8-9,12-13H2,1-3H3,(H2,20,21,22);1H. The van der Waals surface area contributed by atoms with Gasteiger partial charge in [-0.15, -0.1) is 24.0 Å². The average Bonchev–Trinajstić information content (AvgIpc) is 3.34. The summed E-state index contributed by atoms with van der Waals surface area (Å²) in [5.74, 6) is 3.68. The fraction of sp³-hybridized carbons (Fsp3) is 0.526. The molecule has 0 saturated carbocycles. The number of hydrogen-bond acceptors (Lipinski definition) is 4. The summed E-state index contributed by atoms with van der Waals surface area (Å²) in [5, 5.41) is 6.80. The van der Waals surface area contributed by atoms with E-state index < -0.39 is 0 Å². The number of aliphatic imine (C=N–C) groups is 1. The second-order valence-corrected chi connectivity index (χ2v) is 6.52. The zero-order valence-corrected chi connectivity index (χ0v) is 18.1. The number of halogens is 1. The number of furan rings is 2. The molecule has 3 rings (SSSR count). The Hall–Kier alpha value is -1.48. The fourth-order valence-electron chi connectivity index (χ4n) is 3.40. The van der Waals surface area contributed by atoms with Gasteiger partial charge >= 0.3 is 0 Å². The highest BCUT2D eigenvalue weighted by Gasteiger charge is 2.25. The Kier molecular flexibility index (Phi) is 8.02. The summed E-state index contributed by atoms with van der Waals surface area (Å²) in [6, 6.07) is 6.30. The van der Waals surface area contributed by atoms with Crippen molar-refractivity contribution in [3.8, 4) is 0 Å². The molecule has 0 radical (unpaired) electrons. The minimum absolute atomic E-state index is 0. The van der Waals surface area contributed by atoms with Crippen LogP contribution >= 0.6 is 24.0 Å². The highest BCUT2D eigenvalue weighted by molar-refractivity contribution is 14.0. The second kappa shape index (κ2) is 10.0. The lowest BCUT2D eigenvalue weighted by molar-refractivity contribution is 0.215. The molecule has 1 atom stereocenters. The lowest BCUT2D eigenvalue weighted by Crippen LogP contribution is -2.42. The van der Waals surface area contributed by atoms with Crippen LogP contribution in [0.2, 0.25) is 0 Å². The van der Waals surface area contributed by atoms with Crippen LogP contribution in [0.1, 0.15) is 41.7 Å². The minimum Gasteiger partial charge on any atom is -0.468 e. The lowest BCUT2D eigenvalue weighted by atomic mass is 10.2. The van der Waals surface area contributed by atoms with E-state index in [1.54, 1.807) is 13.3 Å². The van der Waals surface area contributed by atoms with Gasteiger partial charge in [0.1, 0.15) is 17.3 Å². The molecule has 2 aromatic heterocycles. The molecule has 1 saturated heterocycles. The molecule has 1 aliphatic rings. The summed E-state index contributed by atoms with van der Waals surface area (Å²) in [4.78, 5) is 6.81. The van der Waals surface area contributed by atoms with Crippen LogP contribution in [0.4, 0.5) is 0 Å². The van der Waals surface area contributed by atoms with Crippen molar-refractivity contribution in [1.82, 2.24) is 15.5 Å². The molecule has 0 aromatic carbocycles. The van der Waals surface area contributed by atoms with Crippen molar-refractivity contribution in [2.45, 2.75) is 39.3 Å². The van der Waals surface area contributed by atoms with Gasteiger partial charge < -0.3 is 19.5 Å². The largest absolute Gasteiger partial charge is 0.468 e. The van der Waals surface area contributed by atoms with E-state index in [-0.39, 0.29) is 30.0 Å². The Bertz CT molecular complexity index is 690. The van der Waals surface area contributed by atoms with E-state index in [0.717, 1.165) is 48.4 Å². The van der Waals surface area contributed by atoms with Gasteiger partial charge in [0.25, 0.3) is 0 Å². The van der Waals surface area contributed by atoms with Crippen molar-refractivity contribution in [2.75, 3.05) is 26.7 Å². The van der Waals surface area contributed by atoms with Gasteiger partial charge in [-0.1, -0.05) is 0 Å². The first kappa shape index (κ1) is 20.8. The number of guanidine groups is 1. The van der Waals surface area contributed by atoms with E-state index in [1.807, 2.05) is 19.9 Å². The molecule has 0 spiro atoms. The maximum atomic E-state index is 5.67. The zero-order chi connectivity index (χ0) is 17.6. The predicted octanol–water partition coefficient (Wildman–Crippen LogP) is 3.61. The van der Waals surface area contributed by atoms with Crippen molar-refractivity contribution >= 4 is 29.9 Å². The average molecular weight is 472 g/mol. The minimum atomic E-state index is 0. The molecular weight excluding hydrogens is 443 g/mol. The zero-order valence-electron chi connectivity index (χ0n) is 15.7. The lowest BCUT2D eigenvalue weighted by Gasteiger charge is -2.26. The Labute approximate surface area is 172 Å². The number of hydrogen-bond donors (Lipinski definition) is 2. The molecule has 0 amide bonds. The second-order valence-electron chi connectivity index (χ2n) is 6.52. The molecule has 7 heteroatoms. The fourth-order valence-corrected chi connectivity index (χ4v) is 3.40. The maximum absolute atomic E-state index is 5.67. The van der Waals surface area contributed by atoms with Crippen LogP contribution in [0.5, 0.6) is 0 Å². The molecule has 0 aliphatic carbocycles. The third-order valence-electron chi connectivity index (χ3n) is 4.73. The third kappa shape index (κ3) is 5.26. The Morgan fingerprint density at radius 2 is 2.04 bits per heavy atom. The monoisotopic (exact) mass is 472 g/mol. The van der Waals surface area contributed by atoms with E-state index in [1.165, 1.54) is 12.8 Å². The molecular formula is C19H29IN4O2. The summed E-state index contributed by atoms with van der Waals surface area (Å²) in [6.45, 7) is 7.64. The quantitative estimate of drug-likeness (QED) is 0.382. The number of likely N-dealkylation sites (tertiary alicyclic amines) is 1. The number of rotatable bonds is 6. The van der Waals surface area contributed by atoms with Crippen LogP contribution in [0.15, 0.2) is 38.3 Å². The van der Waals surface area contributed by atoms with Crippen LogP contribution in [-0.2, 0) is 6.54 Å². The van der Waals surface area contributed by atoms with Gasteiger partial charge in [-0.05, 0) is 58.0 Å². The number of nitrogens with one attached hydrogen (secondary N) is 2. The van der Waals surface area contributed by atoms with E-state index >= 15 is 0 Å². The van der Waals surface area contributed by atoms with Crippen LogP contribution in [0, 0.1) is 13.8 Å². The molecule has 3 heterocycles. The van der Waals surface area contributed by atoms with Crippen LogP contribution < -0.4 is 10.6 Å². The predicted molar refractivity (Wildman–Crippen MR) is 114 cm³/mol. The number of nitrogens with zero attached hydrogens (tertiary/aromatic N) is 2. The van der Waals surface area contributed by atoms with E-state index in [9.17, 15) is 0 Å². The number of aryl methyl sites for hydroxylation is 2. The third-order valence-corrected chi connectivity index (χ3v) is 4.73. The first-order valence-corrected chi connectivity index (χ1v) is 8.95. The summed E-state index contributed by atoms with van der Waals surface area (Å²) in [7, 11) is 1.79. The van der Waals surface area contributed by atoms with Crippen LogP contribution in [-0.4, -0.2) is 37.5 Å². The van der Waals surface area contributed by atoms with Gasteiger partial charge in [0.15, 0.2) is 5.96 Å². The van der Waals surface area contributed by atoms with Gasteiger partial charge in [-0.2, -0.15) is 0 Å². The van der Waals surface area contributed by atoms with Crippen molar-refractivity contribution in [1.29, 1.82) is 0 Å². The molecule has 1 aliphatic heterocycles. The van der Waals surface area contributed by atoms with Crippen molar-refractivity contribution in [3.63, 3.8) is 0 Å². The summed E-state index contributed by atoms with van der Waals surface area (Å²) in [5.41, 5.74) is 1.16. The molecule has 0 bridgehead atoms. The van der Waals surface area contributed by atoms with Crippen LogP contribution in [0.3, 0.4) is 0 Å². The van der Waals surface area contributed by atoms with Gasteiger partial charge in [-0.3, -0.25) is 9.89 Å². The summed E-state index contributed by atoms with van der Waals surface area (Å²) >= 11 is 0. The van der Waals surface area contributed by atoms with Gasteiger partial charge in [0, 0.05) is 25.7 Å². The van der Waals surface area contributed by atoms with E-state index in [2.05, 4.69) is 32.7 Å². The van der Waals surface area contributed by atoms with Crippen molar-refractivity contribution in [2.24, 2.45) is 4.99 Å². The van der Waals surface area contributed by atoms with Crippen molar-refractivity contribution in [3.05, 3.63) is 47.3 Å². The summed E-state index contributed by atoms with van der Waals surface area (Å²) < 4.78 is 11.2. The molecule has 2 aromatic rings. The topological polar surface area (TPSA) is 65.9 Å². The van der Waals surface area contributed by atoms with Crippen LogP contribution in [0.25, 0.3) is 0 Å². The Balaban J connectivity index is 0.00000243. The SMILES string of the molecule is CN=C(NCc1cc(C)oc1C)NCC(c1ccco1)N1CCCC1.I. The highest BCUT2D eigenvalue weighted by Crippen LogP contribution is 2.24. The highest BCUT2D eigenvalue weighted by atomic mass is 127. The normalized spacial score (nSPS) is 16.3. The Morgan fingerprint density at radius 3 is 2.62 bits per heavy atom. The molecule has 2 N–H and O–H groups in total. The first-order valence-electron chi connectivity index (χ1n) is 8.95. The first-order chi connectivity index (χ1) is 12.2. The molecule has 6 nitrogen and oxygen atoms in total. The Morgan fingerprint density at radius 1 is 1.27 bits per heavy atom. The smallest absolute Gasteiger partial charge is 0.191 e. The molecule has 144 valence electrons. The van der Waals surface area contributed by atoms with E-state index in [0.29, 0.717) is 6.54 Å². The summed E-state index contributed by atoms with van der Waals surface area (Å²) in [6.07, 6.45) is 4.25. The maximum Gasteiger partial charge on any atom is 0.191 e. The van der Waals surface area contributed by atoms with Gasteiger partial charge in [-0.25, -0.2) is 0 Å². The van der Waals surface area contributed by atoms with Crippen molar-refractivity contribution < 1.29 is 8.83 Å². The van der Waals surface area contributed by atoms with E-state index in [4.69, 9.17) is 8.83 Å². The van der Waals surface area contributed by atoms with Gasteiger partial charge in [0.2, 0.25) is 0 Å². The molecule has 1 fully saturated rings.